The molecule has 232 valence electrons. The molecule has 10 heteroatoms. The van der Waals surface area contributed by atoms with Crippen LogP contribution in [0, 0.1) is 6.92 Å². The molecule has 0 aliphatic carbocycles. The molecule has 1 aliphatic rings. The van der Waals surface area contributed by atoms with Gasteiger partial charge < -0.3 is 15.4 Å². The molecule has 8 nitrogen and oxygen atoms in total. The molecule has 2 heterocycles. The maximum atomic E-state index is 13.0. The van der Waals surface area contributed by atoms with E-state index in [9.17, 15) is 8.42 Å². The molecular weight excluding hydrogens is 582 g/mol. The normalized spacial score (nSPS) is 17.7. The molecule has 1 aliphatic heterocycles. The lowest BCUT2D eigenvalue weighted by molar-refractivity contribution is 0.186. The van der Waals surface area contributed by atoms with E-state index in [2.05, 4.69) is 71.5 Å². The number of hydrogen-bond donors (Lipinski definition) is 2. The maximum Gasteiger partial charge on any atom is 0.229 e. The van der Waals surface area contributed by atoms with Crippen molar-refractivity contribution >= 4 is 50.2 Å². The number of para-hydroxylation sites is 1. The summed E-state index contributed by atoms with van der Waals surface area (Å²) < 4.78 is 32.3. The number of halogens is 1. The number of nitrogens with one attached hydrogen (secondary N) is 2. The zero-order chi connectivity index (χ0) is 31.5. The Morgan fingerprint density at radius 1 is 1.07 bits per heavy atom. The van der Waals surface area contributed by atoms with Crippen LogP contribution in [0.4, 0.5) is 23.1 Å². The predicted octanol–water partition coefficient (Wildman–Crippen LogP) is 8.17. The summed E-state index contributed by atoms with van der Waals surface area (Å²) in [6.45, 7) is 13.9. The largest absolute Gasteiger partial charge is 0.489 e. The lowest BCUT2D eigenvalue weighted by Gasteiger charge is -2.38. The van der Waals surface area contributed by atoms with Crippen LogP contribution in [0.25, 0.3) is 5.57 Å². The molecule has 0 fully saturated rings. The summed E-state index contributed by atoms with van der Waals surface area (Å²) in [5.74, 6) is 1.29. The Labute approximate surface area is 261 Å². The molecule has 0 unspecified atom stereocenters. The van der Waals surface area contributed by atoms with Gasteiger partial charge in [0.05, 0.1) is 33.8 Å². The molecule has 1 aromatic heterocycles. The van der Waals surface area contributed by atoms with Crippen molar-refractivity contribution in [1.29, 1.82) is 0 Å². The van der Waals surface area contributed by atoms with E-state index in [1.807, 2.05) is 13.8 Å². The summed E-state index contributed by atoms with van der Waals surface area (Å²) in [4.78, 5) is 11.7. The van der Waals surface area contributed by atoms with Gasteiger partial charge in [0.2, 0.25) is 5.95 Å². The van der Waals surface area contributed by atoms with E-state index >= 15 is 0 Å². The summed E-state index contributed by atoms with van der Waals surface area (Å²) in [6, 6.07) is 11.8. The summed E-state index contributed by atoms with van der Waals surface area (Å²) >= 11 is 6.47. The van der Waals surface area contributed by atoms with Gasteiger partial charge >= 0.3 is 0 Å². The highest BCUT2D eigenvalue weighted by Crippen LogP contribution is 2.39. The first-order chi connectivity index (χ1) is 20.3. The monoisotopic (exact) mass is 625 g/mol. The van der Waals surface area contributed by atoms with Crippen molar-refractivity contribution in [2.75, 3.05) is 17.7 Å². The summed E-state index contributed by atoms with van der Waals surface area (Å²) in [5.41, 5.74) is 4.79. The van der Waals surface area contributed by atoms with Crippen LogP contribution < -0.4 is 15.4 Å². The molecule has 0 saturated carbocycles. The van der Waals surface area contributed by atoms with E-state index in [-0.39, 0.29) is 21.8 Å². The number of nitrogens with zero attached hydrogens (tertiary/aromatic N) is 3. The third kappa shape index (κ3) is 7.33. The smallest absolute Gasteiger partial charge is 0.229 e. The van der Waals surface area contributed by atoms with Gasteiger partial charge in [-0.2, -0.15) is 4.98 Å². The number of likely N-dealkylation sites (N-methyl/N-ethyl adjacent to an activating group) is 1. The van der Waals surface area contributed by atoms with Crippen LogP contribution >= 0.6 is 11.6 Å². The van der Waals surface area contributed by atoms with Crippen LogP contribution in [-0.2, 0) is 9.84 Å². The van der Waals surface area contributed by atoms with Gasteiger partial charge in [0.1, 0.15) is 10.8 Å². The lowest BCUT2D eigenvalue weighted by Crippen LogP contribution is -2.41. The minimum Gasteiger partial charge on any atom is -0.489 e. The van der Waals surface area contributed by atoms with Crippen LogP contribution in [0.2, 0.25) is 5.02 Å². The highest BCUT2D eigenvalue weighted by molar-refractivity contribution is 7.92. The molecule has 3 aromatic rings. The zero-order valence-electron chi connectivity index (χ0n) is 26.4. The molecule has 0 spiro atoms. The third-order valence-corrected chi connectivity index (χ3v) is 10.4. The molecule has 2 N–H and O–H groups in total. The van der Waals surface area contributed by atoms with Crippen molar-refractivity contribution in [2.24, 2.45) is 0 Å². The van der Waals surface area contributed by atoms with Crippen LogP contribution in [0.3, 0.4) is 0 Å². The number of aryl methyl sites for hydroxylation is 1. The Morgan fingerprint density at radius 2 is 1.79 bits per heavy atom. The van der Waals surface area contributed by atoms with E-state index in [1.54, 1.807) is 38.1 Å². The quantitative estimate of drug-likeness (QED) is 0.220. The Balaban J connectivity index is 1.70. The fourth-order valence-electron chi connectivity index (χ4n) is 5.44. The molecule has 0 amide bonds. The minimum atomic E-state index is -3.54. The third-order valence-electron chi connectivity index (χ3n) is 7.93. The number of aromatic nitrogens is 2. The van der Waals surface area contributed by atoms with E-state index in [1.165, 1.54) is 17.3 Å². The van der Waals surface area contributed by atoms with Crippen molar-refractivity contribution in [3.05, 3.63) is 64.8 Å². The Kier molecular flexibility index (Phi) is 10.4. The molecule has 0 radical (unpaired) electrons. The Hall–Kier alpha value is -3.14. The van der Waals surface area contributed by atoms with E-state index in [0.29, 0.717) is 29.5 Å². The van der Waals surface area contributed by atoms with Crippen LogP contribution in [0.5, 0.6) is 5.75 Å². The first-order valence-electron chi connectivity index (χ1n) is 15.0. The first-order valence-corrected chi connectivity index (χ1v) is 16.9. The van der Waals surface area contributed by atoms with Gasteiger partial charge in [-0.25, -0.2) is 13.4 Å². The maximum absolute atomic E-state index is 13.0. The summed E-state index contributed by atoms with van der Waals surface area (Å²) in [6.07, 6.45) is 6.98. The first kappa shape index (κ1) is 32.8. The predicted molar refractivity (Wildman–Crippen MR) is 178 cm³/mol. The van der Waals surface area contributed by atoms with Crippen LogP contribution in [0.1, 0.15) is 71.9 Å². The Morgan fingerprint density at radius 3 is 2.44 bits per heavy atom. The second kappa shape index (κ2) is 13.7. The van der Waals surface area contributed by atoms with Crippen molar-refractivity contribution in [3.8, 4) is 5.75 Å². The summed E-state index contributed by atoms with van der Waals surface area (Å²) in [7, 11) is -1.31. The highest BCUT2D eigenvalue weighted by atomic mass is 35.5. The summed E-state index contributed by atoms with van der Waals surface area (Å²) in [5, 5.41) is 6.12. The van der Waals surface area contributed by atoms with E-state index in [4.69, 9.17) is 16.3 Å². The van der Waals surface area contributed by atoms with Gasteiger partial charge in [-0.1, -0.05) is 43.7 Å². The average Bonchev–Trinajstić information content (AvgIpc) is 2.96. The van der Waals surface area contributed by atoms with E-state index in [0.717, 1.165) is 30.5 Å². The second-order valence-electron chi connectivity index (χ2n) is 11.7. The van der Waals surface area contributed by atoms with Crippen molar-refractivity contribution in [2.45, 2.75) is 96.1 Å². The number of sulfone groups is 1. The molecule has 43 heavy (non-hydrogen) atoms. The highest BCUT2D eigenvalue weighted by Gasteiger charge is 2.28. The van der Waals surface area contributed by atoms with Crippen molar-refractivity contribution < 1.29 is 13.2 Å². The molecular formula is C33H44ClN5O3S. The number of ether oxygens (including phenoxy) is 1. The van der Waals surface area contributed by atoms with Crippen molar-refractivity contribution in [3.63, 3.8) is 0 Å². The standard InChI is InChI=1S/C33H44ClN5O3S/c1-9-24-16-23(17-25(10-2)39(24)8)26-18-30(42-20(3)4)29(15-22(26)7)37-33-35-19-27(34)32(38-33)36-28-13-11-12-14-31(28)43(40,41)21(5)6/h11-16,18-21,24-25H,9-10,17H2,1-8H3,(H2,35,36,37,38)/t24-,25-/m1/s1. The van der Waals surface area contributed by atoms with Gasteiger partial charge in [0.15, 0.2) is 15.7 Å². The van der Waals surface area contributed by atoms with Gasteiger partial charge in [-0.05, 0) is 102 Å². The van der Waals surface area contributed by atoms with Crippen LogP contribution in [0.15, 0.2) is 53.6 Å². The van der Waals surface area contributed by atoms with Crippen molar-refractivity contribution in [1.82, 2.24) is 14.9 Å². The minimum absolute atomic E-state index is 0.0443. The van der Waals surface area contributed by atoms with Crippen LogP contribution in [-0.4, -0.2) is 53.8 Å². The lowest BCUT2D eigenvalue weighted by atomic mass is 9.87. The van der Waals surface area contributed by atoms with E-state index < -0.39 is 15.1 Å². The SMILES string of the molecule is CC[C@@H]1CC(c2cc(OC(C)C)c(Nc3ncc(Cl)c(Nc4ccccc4S(=O)(=O)C(C)C)n3)cc2C)=C[C@@H](CC)N1C. The number of benzene rings is 2. The topological polar surface area (TPSA) is 96.4 Å². The second-order valence-corrected chi connectivity index (χ2v) is 14.5. The number of rotatable bonds is 11. The fourth-order valence-corrected chi connectivity index (χ4v) is 6.78. The molecule has 0 bridgehead atoms. The van der Waals surface area contributed by atoms with Gasteiger partial charge in [0.25, 0.3) is 0 Å². The molecule has 2 atom stereocenters. The Bertz CT molecular complexity index is 1590. The molecule has 2 aromatic carbocycles. The number of anilines is 4. The van der Waals surface area contributed by atoms with Gasteiger partial charge in [-0.3, -0.25) is 4.90 Å². The van der Waals surface area contributed by atoms with Gasteiger partial charge in [-0.15, -0.1) is 0 Å². The van der Waals surface area contributed by atoms with Gasteiger partial charge in [0, 0.05) is 12.1 Å². The zero-order valence-corrected chi connectivity index (χ0v) is 28.0. The number of hydrogen-bond acceptors (Lipinski definition) is 8. The fraction of sp³-hybridized carbons (Fsp3) is 0.455. The average molecular weight is 626 g/mol. The molecule has 0 saturated heterocycles. The molecule has 4 rings (SSSR count).